The molecule has 0 aromatic heterocycles. The Labute approximate surface area is 182 Å². The van der Waals surface area contributed by atoms with Gasteiger partial charge in [0, 0.05) is 12.1 Å². The molecule has 1 N–H and O–H groups in total. The van der Waals surface area contributed by atoms with Gasteiger partial charge in [0.2, 0.25) is 10.0 Å². The maximum absolute atomic E-state index is 13.6. The molecule has 6 nitrogen and oxygen atoms in total. The van der Waals surface area contributed by atoms with Gasteiger partial charge < -0.3 is 14.6 Å². The third-order valence-electron chi connectivity index (χ3n) is 5.65. The van der Waals surface area contributed by atoms with Gasteiger partial charge in [0.25, 0.3) is 0 Å². The number of rotatable bonds is 6. The van der Waals surface area contributed by atoms with Crippen LogP contribution in [0.4, 0.5) is 0 Å². The number of ether oxygens (including phenoxy) is 2. The van der Waals surface area contributed by atoms with Gasteiger partial charge >= 0.3 is 0 Å². The fraction of sp³-hybridized carbons (Fsp3) is 0.250. The number of para-hydroxylation sites is 1. The minimum atomic E-state index is -3.82. The van der Waals surface area contributed by atoms with Crippen LogP contribution in [-0.2, 0) is 23.0 Å². The summed E-state index contributed by atoms with van der Waals surface area (Å²) in [6.45, 7) is 0.158. The number of hydrogen-bond acceptors (Lipinski definition) is 5. The second kappa shape index (κ2) is 8.70. The summed E-state index contributed by atoms with van der Waals surface area (Å²) < 4.78 is 39.5. The lowest BCUT2D eigenvalue weighted by molar-refractivity contribution is 0.0766. The first-order valence-electron chi connectivity index (χ1n) is 10.00. The predicted octanol–water partition coefficient (Wildman–Crippen LogP) is 3.55. The number of aliphatic hydroxyl groups is 1. The van der Waals surface area contributed by atoms with E-state index in [0.717, 1.165) is 11.1 Å². The minimum absolute atomic E-state index is 0.146. The molecule has 7 heteroatoms. The third-order valence-corrected chi connectivity index (χ3v) is 7.60. The fourth-order valence-electron chi connectivity index (χ4n) is 4.15. The molecule has 162 valence electrons. The molecule has 2 atom stereocenters. The zero-order valence-corrected chi connectivity index (χ0v) is 18.2. The number of benzene rings is 3. The molecule has 1 heterocycles. The summed E-state index contributed by atoms with van der Waals surface area (Å²) >= 11 is 0. The number of hydrogen-bond donors (Lipinski definition) is 1. The Morgan fingerprint density at radius 2 is 1.61 bits per heavy atom. The Balaban J connectivity index is 1.82. The lowest BCUT2D eigenvalue weighted by atomic mass is 9.94. The molecule has 1 aliphatic rings. The zero-order chi connectivity index (χ0) is 22.0. The van der Waals surface area contributed by atoms with E-state index in [9.17, 15) is 13.5 Å². The van der Waals surface area contributed by atoms with Gasteiger partial charge in [-0.2, -0.15) is 4.31 Å². The third kappa shape index (κ3) is 3.92. The molecule has 3 aromatic rings. The van der Waals surface area contributed by atoms with Crippen molar-refractivity contribution >= 4 is 10.0 Å². The Morgan fingerprint density at radius 1 is 0.903 bits per heavy atom. The summed E-state index contributed by atoms with van der Waals surface area (Å²) in [7, 11) is -0.714. The Kier molecular flexibility index (Phi) is 6.00. The summed E-state index contributed by atoms with van der Waals surface area (Å²) in [5.41, 5.74) is 2.03. The molecule has 0 radical (unpaired) electrons. The van der Waals surface area contributed by atoms with Crippen LogP contribution in [0.3, 0.4) is 0 Å². The standard InChI is InChI=1S/C24H25NO5S/c1-29-21-13-8-11-18(24(21)30-2)15-20-23(26)19-12-6-7-14-22(19)31(27,28)25(20)16-17-9-4-3-5-10-17/h3-14,20,23,26H,15-16H2,1-2H3/t20-,23+/m0/s1. The van der Waals surface area contributed by atoms with Gasteiger partial charge in [0.05, 0.1) is 31.3 Å². The lowest BCUT2D eigenvalue weighted by Gasteiger charge is -2.39. The molecule has 0 fully saturated rings. The van der Waals surface area contributed by atoms with Gasteiger partial charge in [0.1, 0.15) is 0 Å². The zero-order valence-electron chi connectivity index (χ0n) is 17.4. The average molecular weight is 440 g/mol. The fourth-order valence-corrected chi connectivity index (χ4v) is 6.00. The Morgan fingerprint density at radius 3 is 2.32 bits per heavy atom. The van der Waals surface area contributed by atoms with Crippen molar-refractivity contribution in [3.63, 3.8) is 0 Å². The lowest BCUT2D eigenvalue weighted by Crippen LogP contribution is -2.48. The maximum Gasteiger partial charge on any atom is 0.244 e. The molecule has 0 amide bonds. The Hall–Kier alpha value is -2.87. The molecule has 4 rings (SSSR count). The van der Waals surface area contributed by atoms with E-state index in [1.807, 2.05) is 42.5 Å². The smallest absolute Gasteiger partial charge is 0.244 e. The van der Waals surface area contributed by atoms with Gasteiger partial charge in [0.15, 0.2) is 11.5 Å². The average Bonchev–Trinajstić information content (AvgIpc) is 2.80. The van der Waals surface area contributed by atoms with E-state index in [-0.39, 0.29) is 17.9 Å². The van der Waals surface area contributed by atoms with Crippen molar-refractivity contribution in [2.45, 2.75) is 30.0 Å². The predicted molar refractivity (Wildman–Crippen MR) is 118 cm³/mol. The number of methoxy groups -OCH3 is 2. The van der Waals surface area contributed by atoms with Crippen LogP contribution in [0.15, 0.2) is 77.7 Å². The molecule has 0 aliphatic carbocycles. The van der Waals surface area contributed by atoms with Gasteiger partial charge in [-0.25, -0.2) is 8.42 Å². The second-order valence-electron chi connectivity index (χ2n) is 7.44. The summed E-state index contributed by atoms with van der Waals surface area (Å²) in [5.74, 6) is 1.09. The van der Waals surface area contributed by atoms with Crippen molar-refractivity contribution in [2.75, 3.05) is 14.2 Å². The highest BCUT2D eigenvalue weighted by Gasteiger charge is 2.43. The molecule has 3 aromatic carbocycles. The number of fused-ring (bicyclic) bond motifs is 1. The summed E-state index contributed by atoms with van der Waals surface area (Å²) in [4.78, 5) is 0.146. The molecule has 0 spiro atoms. The van der Waals surface area contributed by atoms with Crippen molar-refractivity contribution in [3.05, 3.63) is 89.5 Å². The molecule has 0 saturated heterocycles. The molecular weight excluding hydrogens is 414 g/mol. The number of nitrogens with zero attached hydrogens (tertiary/aromatic N) is 1. The van der Waals surface area contributed by atoms with Gasteiger partial charge in [-0.05, 0) is 29.7 Å². The van der Waals surface area contributed by atoms with Crippen LogP contribution in [0.1, 0.15) is 22.8 Å². The molecule has 31 heavy (non-hydrogen) atoms. The van der Waals surface area contributed by atoms with Gasteiger partial charge in [-0.15, -0.1) is 0 Å². The topological polar surface area (TPSA) is 76.1 Å². The van der Waals surface area contributed by atoms with E-state index in [2.05, 4.69) is 0 Å². The highest BCUT2D eigenvalue weighted by Crippen LogP contribution is 2.41. The number of aliphatic hydroxyl groups excluding tert-OH is 1. The Bertz CT molecular complexity index is 1160. The molecule has 0 saturated carbocycles. The first-order valence-corrected chi connectivity index (χ1v) is 11.4. The highest BCUT2D eigenvalue weighted by atomic mass is 32.2. The van der Waals surface area contributed by atoms with Gasteiger partial charge in [-0.3, -0.25) is 0 Å². The molecule has 0 unspecified atom stereocenters. The summed E-state index contributed by atoms with van der Waals surface area (Å²) in [6, 6.07) is 20.8. The van der Waals surface area contributed by atoms with Crippen LogP contribution in [-0.4, -0.2) is 38.1 Å². The molecule has 1 aliphatic heterocycles. The van der Waals surface area contributed by atoms with E-state index in [0.29, 0.717) is 17.1 Å². The van der Waals surface area contributed by atoms with E-state index in [4.69, 9.17) is 9.47 Å². The van der Waals surface area contributed by atoms with Crippen molar-refractivity contribution in [2.24, 2.45) is 0 Å². The summed E-state index contributed by atoms with van der Waals surface area (Å²) in [6.07, 6.45) is -0.721. The maximum atomic E-state index is 13.6. The summed E-state index contributed by atoms with van der Waals surface area (Å²) in [5, 5.41) is 11.3. The van der Waals surface area contributed by atoms with Gasteiger partial charge in [-0.1, -0.05) is 60.7 Å². The normalized spacial score (nSPS) is 20.1. The van der Waals surface area contributed by atoms with Crippen molar-refractivity contribution in [3.8, 4) is 11.5 Å². The first kappa shape index (κ1) is 21.4. The molecular formula is C24H25NO5S. The van der Waals surface area contributed by atoms with Crippen molar-refractivity contribution in [1.82, 2.24) is 4.31 Å². The van der Waals surface area contributed by atoms with Crippen molar-refractivity contribution < 1.29 is 23.0 Å². The van der Waals surface area contributed by atoms with E-state index in [1.165, 1.54) is 4.31 Å². The second-order valence-corrected chi connectivity index (χ2v) is 9.30. The SMILES string of the molecule is COc1cccc(C[C@H]2[C@H](O)c3ccccc3S(=O)(=O)N2Cc2ccccc2)c1OC. The quantitative estimate of drug-likeness (QED) is 0.636. The van der Waals surface area contributed by atoms with Crippen LogP contribution in [0, 0.1) is 0 Å². The van der Waals surface area contributed by atoms with Crippen LogP contribution < -0.4 is 9.47 Å². The van der Waals surface area contributed by atoms with E-state index in [1.54, 1.807) is 44.6 Å². The minimum Gasteiger partial charge on any atom is -0.493 e. The number of sulfonamides is 1. The monoisotopic (exact) mass is 439 g/mol. The largest absolute Gasteiger partial charge is 0.493 e. The van der Waals surface area contributed by atoms with Crippen LogP contribution >= 0.6 is 0 Å². The van der Waals surface area contributed by atoms with Crippen LogP contribution in [0.25, 0.3) is 0 Å². The van der Waals surface area contributed by atoms with E-state index < -0.39 is 22.2 Å². The van der Waals surface area contributed by atoms with E-state index >= 15 is 0 Å². The van der Waals surface area contributed by atoms with Crippen LogP contribution in [0.5, 0.6) is 11.5 Å². The first-order chi connectivity index (χ1) is 15.0. The van der Waals surface area contributed by atoms with Crippen LogP contribution in [0.2, 0.25) is 0 Å². The van der Waals surface area contributed by atoms with Crippen molar-refractivity contribution in [1.29, 1.82) is 0 Å². The highest BCUT2D eigenvalue weighted by molar-refractivity contribution is 7.89. The molecule has 0 bridgehead atoms.